The van der Waals surface area contributed by atoms with E-state index in [1.807, 2.05) is 6.07 Å². The molecule has 0 saturated carbocycles. The van der Waals surface area contributed by atoms with Crippen molar-refractivity contribution in [3.63, 3.8) is 0 Å². The molecule has 6 heteroatoms. The predicted octanol–water partition coefficient (Wildman–Crippen LogP) is 2.94. The Morgan fingerprint density at radius 1 is 1.28 bits per heavy atom. The summed E-state index contributed by atoms with van der Waals surface area (Å²) >= 11 is 0. The maximum absolute atomic E-state index is 5.77. The molecule has 0 spiro atoms. The van der Waals surface area contributed by atoms with Crippen molar-refractivity contribution in [3.05, 3.63) is 35.9 Å². The fourth-order valence-electron chi connectivity index (χ4n) is 2.69. The molecule has 1 fully saturated rings. The van der Waals surface area contributed by atoms with Gasteiger partial charge in [-0.3, -0.25) is 4.99 Å². The second-order valence-corrected chi connectivity index (χ2v) is 6.81. The molecule has 0 aliphatic carbocycles. The van der Waals surface area contributed by atoms with E-state index in [2.05, 4.69) is 53.7 Å². The summed E-state index contributed by atoms with van der Waals surface area (Å²) < 4.78 is 11.1. The zero-order chi connectivity index (χ0) is 17.3. The van der Waals surface area contributed by atoms with E-state index < -0.39 is 0 Å². The van der Waals surface area contributed by atoms with Crippen LogP contribution in [-0.4, -0.2) is 52.0 Å². The summed E-state index contributed by atoms with van der Waals surface area (Å²) in [6.07, 6.45) is 2.26. The Morgan fingerprint density at radius 2 is 2.04 bits per heavy atom. The summed E-state index contributed by atoms with van der Waals surface area (Å²) in [5, 5.41) is 6.76. The van der Waals surface area contributed by atoms with Crippen LogP contribution in [0.3, 0.4) is 0 Å². The standard InChI is InChI=1S/C19H31N3O2.HI/c1-19(2,16-8-5-4-6-9-16)15-22-18(20-3)21-11-7-12-24-17-10-13-23-14-17;/h4-6,8-9,17H,7,10-15H2,1-3H3,(H2,20,21,22);1H. The molecule has 5 nitrogen and oxygen atoms in total. The highest BCUT2D eigenvalue weighted by molar-refractivity contribution is 14.0. The molecule has 1 saturated heterocycles. The summed E-state index contributed by atoms with van der Waals surface area (Å²) in [7, 11) is 1.80. The van der Waals surface area contributed by atoms with Crippen molar-refractivity contribution < 1.29 is 9.47 Å². The number of aliphatic imine (C=N–C) groups is 1. The normalized spacial score (nSPS) is 17.9. The molecule has 0 amide bonds. The fraction of sp³-hybridized carbons (Fsp3) is 0.632. The first kappa shape index (κ1) is 22.2. The van der Waals surface area contributed by atoms with Crippen LogP contribution < -0.4 is 10.6 Å². The highest BCUT2D eigenvalue weighted by Crippen LogP contribution is 2.21. The number of rotatable bonds is 8. The van der Waals surface area contributed by atoms with Gasteiger partial charge in [0.15, 0.2) is 5.96 Å². The highest BCUT2D eigenvalue weighted by Gasteiger charge is 2.20. The van der Waals surface area contributed by atoms with Crippen molar-refractivity contribution in [2.75, 3.05) is 40.0 Å². The van der Waals surface area contributed by atoms with Crippen molar-refractivity contribution in [1.82, 2.24) is 10.6 Å². The van der Waals surface area contributed by atoms with Crippen molar-refractivity contribution >= 4 is 29.9 Å². The van der Waals surface area contributed by atoms with Crippen molar-refractivity contribution in [2.45, 2.75) is 38.2 Å². The van der Waals surface area contributed by atoms with E-state index in [0.717, 1.165) is 51.7 Å². The zero-order valence-electron chi connectivity index (χ0n) is 15.6. The molecule has 0 radical (unpaired) electrons. The minimum absolute atomic E-state index is 0. The Balaban J connectivity index is 0.00000312. The van der Waals surface area contributed by atoms with Gasteiger partial charge < -0.3 is 20.1 Å². The van der Waals surface area contributed by atoms with Gasteiger partial charge in [0.1, 0.15) is 0 Å². The van der Waals surface area contributed by atoms with Crippen LogP contribution in [0.15, 0.2) is 35.3 Å². The Bertz CT molecular complexity index is 503. The average molecular weight is 461 g/mol. The van der Waals surface area contributed by atoms with Gasteiger partial charge in [-0.05, 0) is 18.4 Å². The quantitative estimate of drug-likeness (QED) is 0.271. The van der Waals surface area contributed by atoms with Crippen LogP contribution in [0.2, 0.25) is 0 Å². The summed E-state index contributed by atoms with van der Waals surface area (Å²) in [6.45, 7) is 8.47. The largest absolute Gasteiger partial charge is 0.379 e. The number of guanidine groups is 1. The van der Waals surface area contributed by atoms with Crippen molar-refractivity contribution in [3.8, 4) is 0 Å². The van der Waals surface area contributed by atoms with Gasteiger partial charge in [0.2, 0.25) is 0 Å². The SMILES string of the molecule is CN=C(NCCCOC1CCOC1)NCC(C)(C)c1ccccc1.I. The van der Waals surface area contributed by atoms with Crippen LogP contribution >= 0.6 is 24.0 Å². The predicted molar refractivity (Wildman–Crippen MR) is 114 cm³/mol. The van der Waals surface area contributed by atoms with Gasteiger partial charge >= 0.3 is 0 Å². The maximum Gasteiger partial charge on any atom is 0.191 e. The van der Waals surface area contributed by atoms with Crippen molar-refractivity contribution in [2.24, 2.45) is 4.99 Å². The maximum atomic E-state index is 5.77. The number of nitrogens with zero attached hydrogens (tertiary/aromatic N) is 1. The number of hydrogen-bond acceptors (Lipinski definition) is 3. The molecule has 1 unspecified atom stereocenters. The molecule has 1 aromatic rings. The van der Waals surface area contributed by atoms with Crippen LogP contribution in [0.25, 0.3) is 0 Å². The molecule has 0 bridgehead atoms. The van der Waals surface area contributed by atoms with Crippen LogP contribution in [0.5, 0.6) is 0 Å². The molecule has 142 valence electrons. The van der Waals surface area contributed by atoms with E-state index >= 15 is 0 Å². The zero-order valence-corrected chi connectivity index (χ0v) is 17.9. The lowest BCUT2D eigenvalue weighted by atomic mass is 9.85. The topological polar surface area (TPSA) is 54.9 Å². The van der Waals surface area contributed by atoms with Gasteiger partial charge in [-0.2, -0.15) is 0 Å². The van der Waals surface area contributed by atoms with Crippen LogP contribution in [0, 0.1) is 0 Å². The molecule has 25 heavy (non-hydrogen) atoms. The van der Waals surface area contributed by atoms with E-state index in [4.69, 9.17) is 9.47 Å². The van der Waals surface area contributed by atoms with Gasteiger partial charge in [0.25, 0.3) is 0 Å². The summed E-state index contributed by atoms with van der Waals surface area (Å²) in [4.78, 5) is 4.29. The average Bonchev–Trinajstić information content (AvgIpc) is 3.11. The third-order valence-electron chi connectivity index (χ3n) is 4.33. The van der Waals surface area contributed by atoms with Crippen LogP contribution in [-0.2, 0) is 14.9 Å². The fourth-order valence-corrected chi connectivity index (χ4v) is 2.69. The van der Waals surface area contributed by atoms with Gasteiger partial charge in [0, 0.05) is 38.8 Å². The molecular weight excluding hydrogens is 429 g/mol. The minimum Gasteiger partial charge on any atom is -0.379 e. The summed E-state index contributed by atoms with van der Waals surface area (Å²) in [5.41, 5.74) is 1.37. The smallest absolute Gasteiger partial charge is 0.191 e. The second kappa shape index (κ2) is 11.7. The number of halogens is 1. The van der Waals surface area contributed by atoms with Crippen LogP contribution in [0.1, 0.15) is 32.3 Å². The molecule has 2 rings (SSSR count). The monoisotopic (exact) mass is 461 g/mol. The first-order valence-corrected chi connectivity index (χ1v) is 8.81. The van der Waals surface area contributed by atoms with Crippen LogP contribution in [0.4, 0.5) is 0 Å². The molecule has 2 N–H and O–H groups in total. The number of nitrogens with one attached hydrogen (secondary N) is 2. The molecule has 1 atom stereocenters. The molecule has 1 aliphatic heterocycles. The number of ether oxygens (including phenoxy) is 2. The summed E-state index contributed by atoms with van der Waals surface area (Å²) in [5.74, 6) is 0.836. The number of benzene rings is 1. The molecule has 0 aromatic heterocycles. The first-order chi connectivity index (χ1) is 11.6. The Morgan fingerprint density at radius 3 is 2.68 bits per heavy atom. The molecule has 1 aliphatic rings. The van der Waals surface area contributed by atoms with Crippen molar-refractivity contribution in [1.29, 1.82) is 0 Å². The lowest BCUT2D eigenvalue weighted by molar-refractivity contribution is 0.0420. The van der Waals surface area contributed by atoms with Gasteiger partial charge in [-0.25, -0.2) is 0 Å². The minimum atomic E-state index is 0. The number of hydrogen-bond donors (Lipinski definition) is 2. The van der Waals surface area contributed by atoms with E-state index in [1.54, 1.807) is 7.05 Å². The third kappa shape index (κ3) is 7.92. The van der Waals surface area contributed by atoms with Gasteiger partial charge in [-0.1, -0.05) is 44.2 Å². The summed E-state index contributed by atoms with van der Waals surface area (Å²) in [6, 6.07) is 10.6. The lowest BCUT2D eigenvalue weighted by Gasteiger charge is -2.26. The van der Waals surface area contributed by atoms with E-state index in [9.17, 15) is 0 Å². The molecule has 1 heterocycles. The Labute approximate surface area is 169 Å². The van der Waals surface area contributed by atoms with Gasteiger partial charge in [-0.15, -0.1) is 24.0 Å². The van der Waals surface area contributed by atoms with E-state index in [0.29, 0.717) is 0 Å². The second-order valence-electron chi connectivity index (χ2n) is 6.81. The van der Waals surface area contributed by atoms with E-state index in [-0.39, 0.29) is 35.5 Å². The molecular formula is C19H32IN3O2. The van der Waals surface area contributed by atoms with E-state index in [1.165, 1.54) is 5.56 Å². The van der Waals surface area contributed by atoms with Gasteiger partial charge in [0.05, 0.1) is 12.7 Å². The highest BCUT2D eigenvalue weighted by atomic mass is 127. The Kier molecular flexibility index (Phi) is 10.4. The first-order valence-electron chi connectivity index (χ1n) is 8.81. The Hall–Kier alpha value is -0.860. The molecule has 1 aromatic carbocycles. The third-order valence-corrected chi connectivity index (χ3v) is 4.33. The lowest BCUT2D eigenvalue weighted by Crippen LogP contribution is -2.43.